The van der Waals surface area contributed by atoms with Gasteiger partial charge in [-0.3, -0.25) is 9.59 Å². The van der Waals surface area contributed by atoms with Crippen molar-refractivity contribution in [3.63, 3.8) is 0 Å². The third kappa shape index (κ3) is 3.79. The van der Waals surface area contributed by atoms with Crippen LogP contribution in [0.15, 0.2) is 47.4 Å². The van der Waals surface area contributed by atoms with Gasteiger partial charge in [0.2, 0.25) is 5.91 Å². The Balaban J connectivity index is 1.53. The van der Waals surface area contributed by atoms with Crippen molar-refractivity contribution in [1.29, 1.82) is 0 Å². The van der Waals surface area contributed by atoms with E-state index in [1.807, 2.05) is 24.3 Å². The van der Waals surface area contributed by atoms with Crippen molar-refractivity contribution in [2.75, 3.05) is 29.1 Å². The molecule has 0 aliphatic carbocycles. The molecule has 1 unspecified atom stereocenters. The molecule has 0 saturated heterocycles. The maximum atomic E-state index is 13.0. The summed E-state index contributed by atoms with van der Waals surface area (Å²) in [4.78, 5) is 29.2. The zero-order chi connectivity index (χ0) is 21.5. The molecule has 0 radical (unpaired) electrons. The maximum absolute atomic E-state index is 13.0. The highest BCUT2D eigenvalue weighted by Gasteiger charge is 2.32. The van der Waals surface area contributed by atoms with Crippen LogP contribution in [-0.4, -0.2) is 45.7 Å². The molecule has 0 saturated carbocycles. The molecule has 2 aromatic carbocycles. The molecule has 8 heteroatoms. The Kier molecular flexibility index (Phi) is 5.27. The van der Waals surface area contributed by atoms with Crippen LogP contribution in [0.4, 0.5) is 11.4 Å². The van der Waals surface area contributed by atoms with Crippen molar-refractivity contribution in [3.8, 4) is 5.75 Å². The van der Waals surface area contributed by atoms with Crippen LogP contribution in [0.5, 0.6) is 5.75 Å². The molecule has 158 valence electrons. The Morgan fingerprint density at radius 2 is 1.93 bits per heavy atom. The lowest BCUT2D eigenvalue weighted by Crippen LogP contribution is -2.46. The van der Waals surface area contributed by atoms with Crippen molar-refractivity contribution in [2.24, 2.45) is 0 Å². The first-order valence-corrected chi connectivity index (χ1v) is 11.9. The highest BCUT2D eigenvalue weighted by molar-refractivity contribution is 7.90. The van der Waals surface area contributed by atoms with Gasteiger partial charge < -0.3 is 14.5 Å². The number of sulfone groups is 1. The summed E-state index contributed by atoms with van der Waals surface area (Å²) in [6, 6.07) is 12.2. The number of anilines is 2. The van der Waals surface area contributed by atoms with E-state index in [1.165, 1.54) is 6.26 Å². The van der Waals surface area contributed by atoms with Crippen molar-refractivity contribution in [2.45, 2.75) is 37.2 Å². The Hall–Kier alpha value is -2.87. The monoisotopic (exact) mass is 428 g/mol. The minimum Gasteiger partial charge on any atom is -0.479 e. The first-order chi connectivity index (χ1) is 14.3. The van der Waals surface area contributed by atoms with Crippen LogP contribution < -0.4 is 14.5 Å². The number of hydrogen-bond acceptors (Lipinski definition) is 5. The van der Waals surface area contributed by atoms with Crippen LogP contribution in [0.25, 0.3) is 0 Å². The Morgan fingerprint density at radius 3 is 2.70 bits per heavy atom. The third-order valence-corrected chi connectivity index (χ3v) is 6.63. The molecule has 7 nitrogen and oxygen atoms in total. The molecule has 0 spiro atoms. The lowest BCUT2D eigenvalue weighted by molar-refractivity contribution is -0.125. The van der Waals surface area contributed by atoms with Crippen LogP contribution in [0.1, 0.15) is 25.3 Å². The zero-order valence-corrected chi connectivity index (χ0v) is 17.8. The summed E-state index contributed by atoms with van der Waals surface area (Å²) in [6.07, 6.45) is 2.25. The van der Waals surface area contributed by atoms with Crippen LogP contribution >= 0.6 is 0 Å². The second-order valence-corrected chi connectivity index (χ2v) is 9.70. The number of fused-ring (bicyclic) bond motifs is 2. The van der Waals surface area contributed by atoms with E-state index in [9.17, 15) is 18.0 Å². The highest BCUT2D eigenvalue weighted by Crippen LogP contribution is 2.34. The van der Waals surface area contributed by atoms with Gasteiger partial charge in [0.25, 0.3) is 5.91 Å². The molecule has 0 bridgehead atoms. The lowest BCUT2D eigenvalue weighted by Gasteiger charge is -2.34. The first-order valence-electron chi connectivity index (χ1n) is 9.96. The molecule has 0 aromatic heterocycles. The second-order valence-electron chi connectivity index (χ2n) is 7.68. The smallest absolute Gasteiger partial charge is 0.267 e. The number of aryl methyl sites for hydroxylation is 1. The second kappa shape index (κ2) is 7.75. The minimum atomic E-state index is -3.30. The van der Waals surface area contributed by atoms with Gasteiger partial charge in [0.05, 0.1) is 10.6 Å². The van der Waals surface area contributed by atoms with E-state index < -0.39 is 15.9 Å². The molecule has 30 heavy (non-hydrogen) atoms. The molecule has 2 aliphatic rings. The van der Waals surface area contributed by atoms with Crippen molar-refractivity contribution in [3.05, 3.63) is 48.0 Å². The average molecular weight is 429 g/mol. The fraction of sp³-hybridized carbons (Fsp3) is 0.364. The Morgan fingerprint density at radius 1 is 1.17 bits per heavy atom. The number of para-hydroxylation sites is 2. The number of carbonyl (C=O) groups is 2. The van der Waals surface area contributed by atoms with Crippen LogP contribution in [0.2, 0.25) is 0 Å². The summed E-state index contributed by atoms with van der Waals surface area (Å²) in [5.74, 6) is 0.375. The molecule has 0 fully saturated rings. The number of benzene rings is 2. The maximum Gasteiger partial charge on any atom is 0.267 e. The quantitative estimate of drug-likeness (QED) is 0.747. The number of nitrogens with zero attached hydrogens (tertiary/aromatic N) is 2. The fourth-order valence-corrected chi connectivity index (χ4v) is 4.67. The van der Waals surface area contributed by atoms with Gasteiger partial charge in [-0.25, -0.2) is 8.42 Å². The molecular formula is C22H24N2O5S. The zero-order valence-electron chi connectivity index (χ0n) is 17.0. The van der Waals surface area contributed by atoms with Gasteiger partial charge in [0.15, 0.2) is 15.9 Å². The van der Waals surface area contributed by atoms with Gasteiger partial charge in [-0.2, -0.15) is 0 Å². The van der Waals surface area contributed by atoms with E-state index in [4.69, 9.17) is 4.74 Å². The van der Waals surface area contributed by atoms with Crippen molar-refractivity contribution < 1.29 is 22.7 Å². The summed E-state index contributed by atoms with van der Waals surface area (Å²) in [6.45, 7) is 2.54. The van der Waals surface area contributed by atoms with Gasteiger partial charge in [-0.05, 0) is 55.7 Å². The van der Waals surface area contributed by atoms with Gasteiger partial charge >= 0.3 is 0 Å². The molecule has 2 aliphatic heterocycles. The molecule has 2 amide bonds. The number of amides is 2. The van der Waals surface area contributed by atoms with E-state index in [2.05, 4.69) is 0 Å². The SMILES string of the molecule is CC1Oc2ccccc2N(CCC(=O)N2CCCc3cc(S(C)(=O)=O)ccc32)C1=O. The predicted molar refractivity (Wildman–Crippen MR) is 114 cm³/mol. The lowest BCUT2D eigenvalue weighted by atomic mass is 10.0. The molecule has 1 atom stereocenters. The van der Waals surface area contributed by atoms with Crippen LogP contribution in [0, 0.1) is 0 Å². The number of ether oxygens (including phenoxy) is 1. The van der Waals surface area contributed by atoms with Gasteiger partial charge in [-0.1, -0.05) is 12.1 Å². The Labute approximate surface area is 176 Å². The van der Waals surface area contributed by atoms with E-state index >= 15 is 0 Å². The fourth-order valence-electron chi connectivity index (χ4n) is 4.00. The summed E-state index contributed by atoms with van der Waals surface area (Å²) in [7, 11) is -3.30. The number of hydrogen-bond donors (Lipinski definition) is 0. The van der Waals surface area contributed by atoms with Gasteiger partial charge in [0.1, 0.15) is 5.75 Å². The minimum absolute atomic E-state index is 0.0903. The highest BCUT2D eigenvalue weighted by atomic mass is 32.2. The molecule has 4 rings (SSSR count). The third-order valence-electron chi connectivity index (χ3n) is 5.52. The van der Waals surface area contributed by atoms with Crippen LogP contribution in [0.3, 0.4) is 0 Å². The van der Waals surface area contributed by atoms with E-state index in [1.54, 1.807) is 34.9 Å². The topological polar surface area (TPSA) is 84.0 Å². The average Bonchev–Trinajstić information content (AvgIpc) is 2.72. The van der Waals surface area contributed by atoms with E-state index in [0.29, 0.717) is 18.0 Å². The molecule has 2 heterocycles. The largest absolute Gasteiger partial charge is 0.479 e. The van der Waals surface area contributed by atoms with Crippen molar-refractivity contribution in [1.82, 2.24) is 0 Å². The normalized spacial score (nSPS) is 18.5. The van der Waals surface area contributed by atoms with E-state index in [0.717, 1.165) is 24.1 Å². The number of carbonyl (C=O) groups excluding carboxylic acids is 2. The summed E-state index contributed by atoms with van der Waals surface area (Å²) >= 11 is 0. The van der Waals surface area contributed by atoms with Gasteiger partial charge in [0, 0.05) is 31.5 Å². The van der Waals surface area contributed by atoms with Gasteiger partial charge in [-0.15, -0.1) is 0 Å². The summed E-state index contributed by atoms with van der Waals surface area (Å²) < 4.78 is 29.3. The number of rotatable bonds is 4. The predicted octanol–water partition coefficient (Wildman–Crippen LogP) is 2.57. The molecular weight excluding hydrogens is 404 g/mol. The summed E-state index contributed by atoms with van der Waals surface area (Å²) in [5, 5.41) is 0. The van der Waals surface area contributed by atoms with Crippen LogP contribution in [-0.2, 0) is 25.8 Å². The van der Waals surface area contributed by atoms with E-state index in [-0.39, 0.29) is 29.7 Å². The standard InChI is InChI=1S/C22H24N2O5S/c1-15-22(26)24(19-7-3-4-8-20(19)29-15)13-11-21(25)23-12-5-6-16-14-17(30(2,27)28)9-10-18(16)23/h3-4,7-10,14-15H,5-6,11-13H2,1-2H3. The molecule has 0 N–H and O–H groups in total. The Bertz CT molecular complexity index is 1110. The molecule has 2 aromatic rings. The summed E-state index contributed by atoms with van der Waals surface area (Å²) in [5.41, 5.74) is 2.28. The van der Waals surface area contributed by atoms with Crippen molar-refractivity contribution >= 4 is 33.0 Å². The first kappa shape index (κ1) is 20.4.